The van der Waals surface area contributed by atoms with Gasteiger partial charge in [-0.3, -0.25) is 4.79 Å². The molecule has 19 heavy (non-hydrogen) atoms. The lowest BCUT2D eigenvalue weighted by Gasteiger charge is -2.11. The largest absolute Gasteiger partial charge is 0.325 e. The molecule has 0 bridgehead atoms. The Kier molecular flexibility index (Phi) is 5.46. The molecule has 7 heteroatoms. The summed E-state index contributed by atoms with van der Waals surface area (Å²) >= 11 is 0. The smallest absolute Gasteiger partial charge is 0.241 e. The van der Waals surface area contributed by atoms with Crippen molar-refractivity contribution in [3.05, 3.63) is 29.8 Å². The monoisotopic (exact) mass is 285 g/mol. The van der Waals surface area contributed by atoms with E-state index in [1.807, 2.05) is 6.92 Å². The number of carbonyl (C=O) groups is 1. The summed E-state index contributed by atoms with van der Waals surface area (Å²) in [6.45, 7) is 1.95. The van der Waals surface area contributed by atoms with Gasteiger partial charge in [0.15, 0.2) is 0 Å². The van der Waals surface area contributed by atoms with Crippen LogP contribution in [-0.4, -0.2) is 20.4 Å². The maximum atomic E-state index is 11.7. The van der Waals surface area contributed by atoms with E-state index >= 15 is 0 Å². The molecular formula is C12H19N3O3S. The van der Waals surface area contributed by atoms with Crippen LogP contribution in [-0.2, 0) is 20.6 Å². The Morgan fingerprint density at radius 1 is 1.32 bits per heavy atom. The first-order valence-corrected chi connectivity index (χ1v) is 7.69. The first-order chi connectivity index (χ1) is 8.81. The van der Waals surface area contributed by atoms with E-state index in [1.54, 1.807) is 24.3 Å². The lowest BCUT2D eigenvalue weighted by atomic mass is 10.1. The highest BCUT2D eigenvalue weighted by atomic mass is 32.2. The summed E-state index contributed by atoms with van der Waals surface area (Å²) in [6, 6.07) is 5.92. The summed E-state index contributed by atoms with van der Waals surface area (Å²) in [5, 5.41) is 7.62. The number of rotatable bonds is 6. The van der Waals surface area contributed by atoms with Crippen LogP contribution in [0.1, 0.15) is 25.3 Å². The van der Waals surface area contributed by atoms with E-state index < -0.39 is 16.1 Å². The molecule has 106 valence electrons. The Bertz CT molecular complexity index is 526. The zero-order chi connectivity index (χ0) is 14.5. The molecule has 0 saturated heterocycles. The third-order valence-electron chi connectivity index (χ3n) is 2.53. The van der Waals surface area contributed by atoms with Gasteiger partial charge in [0.05, 0.1) is 11.8 Å². The van der Waals surface area contributed by atoms with Crippen LogP contribution in [0.25, 0.3) is 0 Å². The van der Waals surface area contributed by atoms with Crippen LogP contribution in [0.5, 0.6) is 0 Å². The van der Waals surface area contributed by atoms with Gasteiger partial charge in [0.2, 0.25) is 15.9 Å². The SMILES string of the molecule is CCCC(N)C(=O)Nc1ccc(CS(N)(=O)=O)cc1. The fourth-order valence-electron chi connectivity index (χ4n) is 1.59. The topological polar surface area (TPSA) is 115 Å². The van der Waals surface area contributed by atoms with Gasteiger partial charge in [-0.05, 0) is 24.1 Å². The number of hydrogen-bond donors (Lipinski definition) is 3. The highest BCUT2D eigenvalue weighted by molar-refractivity contribution is 7.88. The molecule has 0 radical (unpaired) electrons. The number of anilines is 1. The van der Waals surface area contributed by atoms with Gasteiger partial charge < -0.3 is 11.1 Å². The predicted molar refractivity (Wildman–Crippen MR) is 74.8 cm³/mol. The minimum absolute atomic E-state index is 0.226. The molecule has 0 aliphatic rings. The van der Waals surface area contributed by atoms with Crippen molar-refractivity contribution in [3.8, 4) is 0 Å². The zero-order valence-electron chi connectivity index (χ0n) is 10.8. The lowest BCUT2D eigenvalue weighted by Crippen LogP contribution is -2.35. The Hall–Kier alpha value is -1.44. The molecule has 1 amide bonds. The predicted octanol–water partition coefficient (Wildman–Crippen LogP) is 0.541. The van der Waals surface area contributed by atoms with E-state index in [1.165, 1.54) is 0 Å². The van der Waals surface area contributed by atoms with Gasteiger partial charge in [0, 0.05) is 5.69 Å². The number of nitrogens with one attached hydrogen (secondary N) is 1. The van der Waals surface area contributed by atoms with Gasteiger partial charge in [-0.1, -0.05) is 25.5 Å². The van der Waals surface area contributed by atoms with Crippen LogP contribution in [0, 0.1) is 0 Å². The molecule has 5 N–H and O–H groups in total. The van der Waals surface area contributed by atoms with Gasteiger partial charge in [0.25, 0.3) is 0 Å². The first-order valence-electron chi connectivity index (χ1n) is 5.97. The third-order valence-corrected chi connectivity index (χ3v) is 3.26. The highest BCUT2D eigenvalue weighted by Gasteiger charge is 2.12. The van der Waals surface area contributed by atoms with E-state index in [9.17, 15) is 13.2 Å². The van der Waals surface area contributed by atoms with Crippen molar-refractivity contribution in [2.75, 3.05) is 5.32 Å². The molecule has 0 heterocycles. The number of sulfonamides is 1. The van der Waals surface area contributed by atoms with Crippen molar-refractivity contribution in [1.82, 2.24) is 0 Å². The number of hydrogen-bond acceptors (Lipinski definition) is 4. The standard InChI is InChI=1S/C12H19N3O3S/c1-2-3-11(13)12(16)15-10-6-4-9(5-7-10)8-19(14,17)18/h4-7,11H,2-3,8,13H2,1H3,(H,15,16)(H2,14,17,18). The Labute approximate surface area is 113 Å². The second kappa shape index (κ2) is 6.65. The molecule has 0 aliphatic carbocycles. The second-order valence-corrected chi connectivity index (χ2v) is 6.00. The molecule has 0 saturated carbocycles. The van der Waals surface area contributed by atoms with E-state index in [2.05, 4.69) is 5.32 Å². The molecule has 1 rings (SSSR count). The molecule has 6 nitrogen and oxygen atoms in total. The van der Waals surface area contributed by atoms with Crippen molar-refractivity contribution < 1.29 is 13.2 Å². The zero-order valence-corrected chi connectivity index (χ0v) is 11.6. The Balaban J connectivity index is 2.64. The Morgan fingerprint density at radius 3 is 2.37 bits per heavy atom. The normalized spacial score (nSPS) is 13.0. The van der Waals surface area contributed by atoms with Crippen LogP contribution >= 0.6 is 0 Å². The van der Waals surface area contributed by atoms with Gasteiger partial charge in [-0.15, -0.1) is 0 Å². The van der Waals surface area contributed by atoms with Crippen LogP contribution in [0.15, 0.2) is 24.3 Å². The van der Waals surface area contributed by atoms with E-state index in [4.69, 9.17) is 10.9 Å². The van der Waals surface area contributed by atoms with Crippen LogP contribution in [0.2, 0.25) is 0 Å². The maximum Gasteiger partial charge on any atom is 0.241 e. The maximum absolute atomic E-state index is 11.7. The average Bonchev–Trinajstić information content (AvgIpc) is 2.30. The molecule has 0 fully saturated rings. The number of benzene rings is 1. The molecule has 1 atom stereocenters. The summed E-state index contributed by atoms with van der Waals surface area (Å²) in [6.07, 6.45) is 1.46. The minimum Gasteiger partial charge on any atom is -0.325 e. The van der Waals surface area contributed by atoms with Gasteiger partial charge in [0.1, 0.15) is 0 Å². The fraction of sp³-hybridized carbons (Fsp3) is 0.417. The van der Waals surface area contributed by atoms with E-state index in [-0.39, 0.29) is 11.7 Å². The lowest BCUT2D eigenvalue weighted by molar-refractivity contribution is -0.117. The van der Waals surface area contributed by atoms with Gasteiger partial charge in [-0.2, -0.15) is 0 Å². The van der Waals surface area contributed by atoms with Crippen LogP contribution < -0.4 is 16.2 Å². The van der Waals surface area contributed by atoms with Crippen molar-refractivity contribution in [2.24, 2.45) is 10.9 Å². The van der Waals surface area contributed by atoms with Crippen LogP contribution in [0.4, 0.5) is 5.69 Å². The molecule has 0 aliphatic heterocycles. The van der Waals surface area contributed by atoms with Crippen molar-refractivity contribution in [3.63, 3.8) is 0 Å². The summed E-state index contributed by atoms with van der Waals surface area (Å²) in [5.41, 5.74) is 6.83. The van der Waals surface area contributed by atoms with E-state index in [0.29, 0.717) is 17.7 Å². The fourth-order valence-corrected chi connectivity index (χ4v) is 2.25. The van der Waals surface area contributed by atoms with Gasteiger partial charge >= 0.3 is 0 Å². The Morgan fingerprint density at radius 2 is 1.89 bits per heavy atom. The molecule has 1 aromatic rings. The van der Waals surface area contributed by atoms with Crippen molar-refractivity contribution in [2.45, 2.75) is 31.6 Å². The van der Waals surface area contributed by atoms with Crippen LogP contribution in [0.3, 0.4) is 0 Å². The summed E-state index contributed by atoms with van der Waals surface area (Å²) in [5.74, 6) is -0.475. The average molecular weight is 285 g/mol. The summed E-state index contributed by atoms with van der Waals surface area (Å²) in [7, 11) is -3.54. The molecule has 0 aromatic heterocycles. The third kappa shape index (κ3) is 5.82. The molecular weight excluding hydrogens is 266 g/mol. The molecule has 1 aromatic carbocycles. The summed E-state index contributed by atoms with van der Waals surface area (Å²) in [4.78, 5) is 11.7. The first kappa shape index (κ1) is 15.6. The molecule has 1 unspecified atom stereocenters. The number of nitrogens with two attached hydrogens (primary N) is 2. The van der Waals surface area contributed by atoms with E-state index in [0.717, 1.165) is 6.42 Å². The second-order valence-electron chi connectivity index (χ2n) is 4.39. The van der Waals surface area contributed by atoms with Crippen molar-refractivity contribution >= 4 is 21.6 Å². The minimum atomic E-state index is -3.54. The van der Waals surface area contributed by atoms with Crippen molar-refractivity contribution in [1.29, 1.82) is 0 Å². The number of carbonyl (C=O) groups excluding carboxylic acids is 1. The van der Waals surface area contributed by atoms with Gasteiger partial charge in [-0.25, -0.2) is 13.6 Å². The highest BCUT2D eigenvalue weighted by Crippen LogP contribution is 2.11. The quantitative estimate of drug-likeness (QED) is 0.707. The molecule has 0 spiro atoms. The summed E-state index contributed by atoms with van der Waals surface area (Å²) < 4.78 is 21.8. The number of amides is 1. The number of primary sulfonamides is 1.